The molecule has 1 N–H and O–H groups in total. The fraction of sp³-hybridized carbons (Fsp3) is 0.316. The molecular weight excluding hydrogens is 327 g/mol. The zero-order valence-electron chi connectivity index (χ0n) is 13.9. The normalized spacial score (nSPS) is 17.3. The maximum Gasteiger partial charge on any atom is 0.254 e. The molecule has 24 heavy (non-hydrogen) atoms. The van der Waals surface area contributed by atoms with Gasteiger partial charge in [0.2, 0.25) is 0 Å². The molecule has 1 saturated heterocycles. The van der Waals surface area contributed by atoms with Gasteiger partial charge < -0.3 is 10.2 Å². The van der Waals surface area contributed by atoms with Gasteiger partial charge in [0.15, 0.2) is 0 Å². The van der Waals surface area contributed by atoms with E-state index in [1.807, 2.05) is 43.0 Å². The van der Waals surface area contributed by atoms with E-state index in [4.69, 9.17) is 0 Å². The second-order valence-corrected chi connectivity index (χ2v) is 6.02. The number of halogens is 2. The molecule has 3 rings (SSSR count). The summed E-state index contributed by atoms with van der Waals surface area (Å²) < 4.78 is 13.6. The molecule has 0 spiro atoms. The van der Waals surface area contributed by atoms with Gasteiger partial charge in [-0.15, -0.1) is 12.4 Å². The van der Waals surface area contributed by atoms with Crippen molar-refractivity contribution in [3.63, 3.8) is 0 Å². The van der Waals surface area contributed by atoms with Crippen LogP contribution in [0.1, 0.15) is 33.1 Å². The molecule has 0 bridgehead atoms. The van der Waals surface area contributed by atoms with Crippen LogP contribution in [-0.2, 0) is 0 Å². The molecule has 1 heterocycles. The van der Waals surface area contributed by atoms with E-state index in [1.165, 1.54) is 12.1 Å². The van der Waals surface area contributed by atoms with Crippen LogP contribution in [0.4, 0.5) is 4.39 Å². The number of carbonyl (C=O) groups excluding carboxylic acids is 1. The lowest BCUT2D eigenvalue weighted by atomic mass is 9.98. The monoisotopic (exact) mass is 348 g/mol. The van der Waals surface area contributed by atoms with E-state index in [2.05, 4.69) is 5.32 Å². The first kappa shape index (κ1) is 18.4. The van der Waals surface area contributed by atoms with Gasteiger partial charge in [0.25, 0.3) is 5.91 Å². The SMILES string of the molecule is Cc1cccc(C(=O)N2CCNCC2c2cccc(F)c2)c1C.Cl. The predicted molar refractivity (Wildman–Crippen MR) is 96.2 cm³/mol. The molecule has 1 unspecified atom stereocenters. The number of amides is 1. The Morgan fingerprint density at radius 1 is 1.21 bits per heavy atom. The second-order valence-electron chi connectivity index (χ2n) is 6.02. The molecule has 0 aliphatic carbocycles. The van der Waals surface area contributed by atoms with Crippen LogP contribution in [0.15, 0.2) is 42.5 Å². The maximum absolute atomic E-state index is 13.6. The highest BCUT2D eigenvalue weighted by atomic mass is 35.5. The van der Waals surface area contributed by atoms with Gasteiger partial charge in [-0.25, -0.2) is 4.39 Å². The molecule has 5 heteroatoms. The van der Waals surface area contributed by atoms with Crippen molar-refractivity contribution in [3.05, 3.63) is 70.5 Å². The topological polar surface area (TPSA) is 32.3 Å². The molecule has 0 aromatic heterocycles. The van der Waals surface area contributed by atoms with Gasteiger partial charge in [0.1, 0.15) is 5.82 Å². The zero-order valence-corrected chi connectivity index (χ0v) is 14.7. The van der Waals surface area contributed by atoms with E-state index in [0.29, 0.717) is 13.1 Å². The molecule has 128 valence electrons. The Morgan fingerprint density at radius 3 is 2.71 bits per heavy atom. The number of piperazine rings is 1. The minimum absolute atomic E-state index is 0. The van der Waals surface area contributed by atoms with E-state index in [9.17, 15) is 9.18 Å². The van der Waals surface area contributed by atoms with Crippen molar-refractivity contribution in [2.24, 2.45) is 0 Å². The highest BCUT2D eigenvalue weighted by molar-refractivity contribution is 5.96. The molecule has 3 nitrogen and oxygen atoms in total. The number of nitrogens with one attached hydrogen (secondary N) is 1. The Balaban J connectivity index is 0.00000208. The van der Waals surface area contributed by atoms with Crippen LogP contribution in [0.5, 0.6) is 0 Å². The van der Waals surface area contributed by atoms with Crippen LogP contribution in [0.3, 0.4) is 0 Å². The molecular formula is C19H22ClFN2O. The number of hydrogen-bond acceptors (Lipinski definition) is 2. The van der Waals surface area contributed by atoms with Gasteiger partial charge in [0.05, 0.1) is 6.04 Å². The first-order valence-corrected chi connectivity index (χ1v) is 7.91. The Bertz CT molecular complexity index is 735. The maximum atomic E-state index is 13.6. The van der Waals surface area contributed by atoms with Crippen molar-refractivity contribution >= 4 is 18.3 Å². The number of aryl methyl sites for hydroxylation is 1. The number of benzene rings is 2. The van der Waals surface area contributed by atoms with Gasteiger partial charge in [0, 0.05) is 25.2 Å². The predicted octanol–water partition coefficient (Wildman–Crippen LogP) is 3.65. The van der Waals surface area contributed by atoms with Crippen LogP contribution < -0.4 is 5.32 Å². The van der Waals surface area contributed by atoms with Crippen LogP contribution in [-0.4, -0.2) is 30.4 Å². The Labute approximate surface area is 148 Å². The molecule has 1 fully saturated rings. The summed E-state index contributed by atoms with van der Waals surface area (Å²) >= 11 is 0. The summed E-state index contributed by atoms with van der Waals surface area (Å²) in [5.41, 5.74) is 3.67. The minimum Gasteiger partial charge on any atom is -0.329 e. The summed E-state index contributed by atoms with van der Waals surface area (Å²) in [6, 6.07) is 12.2. The van der Waals surface area contributed by atoms with Crippen molar-refractivity contribution in [1.29, 1.82) is 0 Å². The van der Waals surface area contributed by atoms with Gasteiger partial charge >= 0.3 is 0 Å². The molecule has 1 aliphatic rings. The van der Waals surface area contributed by atoms with Crippen LogP contribution in [0, 0.1) is 19.7 Å². The smallest absolute Gasteiger partial charge is 0.254 e. The molecule has 1 amide bonds. The van der Waals surface area contributed by atoms with Crippen LogP contribution >= 0.6 is 12.4 Å². The third-order valence-corrected chi connectivity index (χ3v) is 4.57. The van der Waals surface area contributed by atoms with Gasteiger partial charge in [-0.1, -0.05) is 24.3 Å². The summed E-state index contributed by atoms with van der Waals surface area (Å²) in [4.78, 5) is 14.9. The Morgan fingerprint density at radius 2 is 1.96 bits per heavy atom. The third-order valence-electron chi connectivity index (χ3n) is 4.57. The molecule has 1 aliphatic heterocycles. The Kier molecular flexibility index (Phi) is 5.97. The van der Waals surface area contributed by atoms with E-state index >= 15 is 0 Å². The lowest BCUT2D eigenvalue weighted by Crippen LogP contribution is -2.48. The first-order chi connectivity index (χ1) is 11.1. The van der Waals surface area contributed by atoms with Crippen molar-refractivity contribution in [2.75, 3.05) is 19.6 Å². The number of hydrogen-bond donors (Lipinski definition) is 1. The van der Waals surface area contributed by atoms with Crippen LogP contribution in [0.2, 0.25) is 0 Å². The number of nitrogens with zero attached hydrogens (tertiary/aromatic N) is 1. The first-order valence-electron chi connectivity index (χ1n) is 7.91. The fourth-order valence-corrected chi connectivity index (χ4v) is 3.10. The summed E-state index contributed by atoms with van der Waals surface area (Å²) in [5.74, 6) is -0.255. The minimum atomic E-state index is -0.271. The van der Waals surface area contributed by atoms with Gasteiger partial charge in [-0.05, 0) is 48.7 Å². The summed E-state index contributed by atoms with van der Waals surface area (Å²) in [6.07, 6.45) is 0. The Hall–Kier alpha value is -1.91. The van der Waals surface area contributed by atoms with Crippen molar-refractivity contribution < 1.29 is 9.18 Å². The van der Waals surface area contributed by atoms with Crippen molar-refractivity contribution in [2.45, 2.75) is 19.9 Å². The molecule has 2 aromatic carbocycles. The van der Waals surface area contributed by atoms with Gasteiger partial charge in [-0.2, -0.15) is 0 Å². The molecule has 0 saturated carbocycles. The molecule has 1 atom stereocenters. The van der Waals surface area contributed by atoms with Gasteiger partial charge in [-0.3, -0.25) is 4.79 Å². The number of rotatable bonds is 2. The van der Waals surface area contributed by atoms with Crippen LogP contribution in [0.25, 0.3) is 0 Å². The van der Waals surface area contributed by atoms with Crippen molar-refractivity contribution in [3.8, 4) is 0 Å². The lowest BCUT2D eigenvalue weighted by molar-refractivity contribution is 0.0633. The van der Waals surface area contributed by atoms with Crippen molar-refractivity contribution in [1.82, 2.24) is 10.2 Å². The summed E-state index contributed by atoms with van der Waals surface area (Å²) in [6.45, 7) is 5.99. The quantitative estimate of drug-likeness (QED) is 0.898. The summed E-state index contributed by atoms with van der Waals surface area (Å²) in [7, 11) is 0. The lowest BCUT2D eigenvalue weighted by Gasteiger charge is -2.37. The highest BCUT2D eigenvalue weighted by Gasteiger charge is 2.29. The van der Waals surface area contributed by atoms with E-state index < -0.39 is 0 Å². The van der Waals surface area contributed by atoms with E-state index in [-0.39, 0.29) is 30.2 Å². The largest absolute Gasteiger partial charge is 0.329 e. The molecule has 2 aromatic rings. The number of carbonyl (C=O) groups is 1. The molecule has 0 radical (unpaired) electrons. The zero-order chi connectivity index (χ0) is 16.4. The third kappa shape index (κ3) is 3.60. The van der Waals surface area contributed by atoms with E-state index in [0.717, 1.165) is 28.8 Å². The standard InChI is InChI=1S/C19H21FN2O.ClH/c1-13-5-3-8-17(14(13)2)19(23)22-10-9-21-12-18(22)15-6-4-7-16(20)11-15;/h3-8,11,18,21H,9-10,12H2,1-2H3;1H. The fourth-order valence-electron chi connectivity index (χ4n) is 3.10. The average Bonchev–Trinajstić information content (AvgIpc) is 2.57. The second kappa shape index (κ2) is 7.77. The highest BCUT2D eigenvalue weighted by Crippen LogP contribution is 2.26. The van der Waals surface area contributed by atoms with E-state index in [1.54, 1.807) is 6.07 Å². The summed E-state index contributed by atoms with van der Waals surface area (Å²) in [5, 5.41) is 3.30. The average molecular weight is 349 g/mol.